The molecule has 206 valence electrons. The molecular formula is C29H46N4O4. The third kappa shape index (κ3) is 6.75. The van der Waals surface area contributed by atoms with Crippen molar-refractivity contribution in [2.75, 3.05) is 46.0 Å². The normalized spacial score (nSPS) is 26.8. The van der Waals surface area contributed by atoms with E-state index in [1.165, 1.54) is 0 Å². The van der Waals surface area contributed by atoms with Crippen LogP contribution in [0.15, 0.2) is 23.6 Å². The van der Waals surface area contributed by atoms with Crippen LogP contribution in [-0.4, -0.2) is 84.8 Å². The number of ether oxygens (including phenoxy) is 1. The van der Waals surface area contributed by atoms with E-state index in [1.54, 1.807) is 0 Å². The van der Waals surface area contributed by atoms with Crippen molar-refractivity contribution in [2.45, 2.75) is 78.2 Å². The molecule has 37 heavy (non-hydrogen) atoms. The molecule has 0 aromatic carbocycles. The minimum Gasteiger partial charge on any atom is -0.471 e. The van der Waals surface area contributed by atoms with E-state index in [0.29, 0.717) is 38.1 Å². The van der Waals surface area contributed by atoms with Crippen LogP contribution in [0.2, 0.25) is 0 Å². The van der Waals surface area contributed by atoms with Crippen molar-refractivity contribution in [3.63, 3.8) is 0 Å². The Morgan fingerprint density at radius 1 is 1.30 bits per heavy atom. The van der Waals surface area contributed by atoms with Crippen molar-refractivity contribution < 1.29 is 19.1 Å². The van der Waals surface area contributed by atoms with Gasteiger partial charge in [-0.05, 0) is 56.4 Å². The zero-order valence-corrected chi connectivity index (χ0v) is 23.0. The van der Waals surface area contributed by atoms with E-state index < -0.39 is 0 Å². The monoisotopic (exact) mass is 514 g/mol. The van der Waals surface area contributed by atoms with Gasteiger partial charge in [0.25, 0.3) is 0 Å². The van der Waals surface area contributed by atoms with Gasteiger partial charge in [0, 0.05) is 50.6 Å². The van der Waals surface area contributed by atoms with Gasteiger partial charge >= 0.3 is 0 Å². The van der Waals surface area contributed by atoms with Gasteiger partial charge in [0.05, 0.1) is 12.2 Å². The van der Waals surface area contributed by atoms with Crippen LogP contribution in [0.3, 0.4) is 0 Å². The van der Waals surface area contributed by atoms with Crippen LogP contribution < -0.4 is 5.32 Å². The first-order chi connectivity index (χ1) is 17.8. The van der Waals surface area contributed by atoms with Crippen LogP contribution in [0, 0.1) is 17.3 Å². The summed E-state index contributed by atoms with van der Waals surface area (Å²) < 4.78 is 5.77. The first kappa shape index (κ1) is 27.7. The summed E-state index contributed by atoms with van der Waals surface area (Å²) in [5.41, 5.74) is 0.845. The maximum Gasteiger partial charge on any atom is 0.236 e. The second-order valence-corrected chi connectivity index (χ2v) is 11.9. The fraction of sp³-hybridized carbons (Fsp3) is 0.759. The molecule has 4 aliphatic rings. The van der Waals surface area contributed by atoms with Crippen LogP contribution >= 0.6 is 0 Å². The molecule has 0 aromatic heterocycles. The van der Waals surface area contributed by atoms with Crippen LogP contribution in [0.4, 0.5) is 0 Å². The number of hydrogen-bond donors (Lipinski definition) is 1. The number of carbonyl (C=O) groups is 3. The lowest BCUT2D eigenvalue weighted by Crippen LogP contribution is -2.44. The zero-order valence-electron chi connectivity index (χ0n) is 23.0. The van der Waals surface area contributed by atoms with E-state index in [9.17, 15) is 14.4 Å². The van der Waals surface area contributed by atoms with Crippen molar-refractivity contribution in [1.29, 1.82) is 0 Å². The summed E-state index contributed by atoms with van der Waals surface area (Å²) in [4.78, 5) is 43.5. The topological polar surface area (TPSA) is 82.2 Å². The molecule has 0 saturated carbocycles. The van der Waals surface area contributed by atoms with E-state index in [0.717, 1.165) is 88.9 Å². The number of fused-ring (bicyclic) bond motifs is 1. The first-order valence-electron chi connectivity index (χ1n) is 14.4. The van der Waals surface area contributed by atoms with Gasteiger partial charge < -0.3 is 24.6 Å². The Bertz CT molecular complexity index is 898. The Morgan fingerprint density at radius 3 is 2.84 bits per heavy atom. The van der Waals surface area contributed by atoms with Gasteiger partial charge in [-0.3, -0.25) is 14.5 Å². The zero-order chi connectivity index (χ0) is 26.4. The lowest BCUT2D eigenvalue weighted by molar-refractivity contribution is -0.135. The fourth-order valence-corrected chi connectivity index (χ4v) is 6.26. The quantitative estimate of drug-likeness (QED) is 0.300. The maximum atomic E-state index is 13.5. The molecule has 3 unspecified atom stereocenters. The first-order valence-corrected chi connectivity index (χ1v) is 14.4. The van der Waals surface area contributed by atoms with Crippen molar-refractivity contribution in [2.24, 2.45) is 17.3 Å². The average molecular weight is 515 g/mol. The number of carbonyl (C=O) groups excluding carboxylic acids is 3. The third-order valence-corrected chi connectivity index (χ3v) is 8.71. The number of allylic oxidation sites excluding steroid dienone is 2. The van der Waals surface area contributed by atoms with Crippen LogP contribution in [-0.2, 0) is 19.1 Å². The highest BCUT2D eigenvalue weighted by Gasteiger charge is 2.41. The predicted octanol–water partition coefficient (Wildman–Crippen LogP) is 3.30. The molecule has 3 aliphatic heterocycles. The second kappa shape index (κ2) is 12.5. The molecular weight excluding hydrogens is 468 g/mol. The molecule has 0 spiro atoms. The molecule has 3 fully saturated rings. The summed E-state index contributed by atoms with van der Waals surface area (Å²) in [6.07, 6.45) is 12.5. The minimum absolute atomic E-state index is 0.163. The number of aldehydes is 1. The molecule has 1 aliphatic carbocycles. The van der Waals surface area contributed by atoms with Crippen LogP contribution in [0.25, 0.3) is 0 Å². The Hall–Kier alpha value is -2.35. The van der Waals surface area contributed by atoms with Crippen LogP contribution in [0.5, 0.6) is 0 Å². The lowest BCUT2D eigenvalue weighted by Gasteiger charge is -2.30. The summed E-state index contributed by atoms with van der Waals surface area (Å²) in [7, 11) is 0. The Morgan fingerprint density at radius 2 is 2.11 bits per heavy atom. The van der Waals surface area contributed by atoms with E-state index in [4.69, 9.17) is 4.74 Å². The molecule has 1 N–H and O–H groups in total. The van der Waals surface area contributed by atoms with Crippen molar-refractivity contribution in [3.05, 3.63) is 23.6 Å². The SMILES string of the molecule is CCCCN(CCCC=O)C(=O)CN1CC(C2C=C3OCNC3=CC2)CC1CCN1CCC(C)(C)C1=O. The third-order valence-electron chi connectivity index (χ3n) is 8.71. The van der Waals surface area contributed by atoms with Crippen molar-refractivity contribution >= 4 is 18.1 Å². The largest absolute Gasteiger partial charge is 0.471 e. The summed E-state index contributed by atoms with van der Waals surface area (Å²) in [5, 5.41) is 3.28. The number of likely N-dealkylation sites (tertiary alicyclic amines) is 2. The molecule has 0 aromatic rings. The Labute approximate surface area is 222 Å². The van der Waals surface area contributed by atoms with E-state index in [-0.39, 0.29) is 23.3 Å². The number of amides is 2. The average Bonchev–Trinajstić information content (AvgIpc) is 3.58. The van der Waals surface area contributed by atoms with Crippen molar-refractivity contribution in [1.82, 2.24) is 20.0 Å². The van der Waals surface area contributed by atoms with Gasteiger partial charge in [-0.15, -0.1) is 0 Å². The van der Waals surface area contributed by atoms with E-state index >= 15 is 0 Å². The molecule has 4 rings (SSSR count). The highest BCUT2D eigenvalue weighted by Crippen LogP contribution is 2.38. The van der Waals surface area contributed by atoms with Crippen LogP contribution in [0.1, 0.15) is 72.1 Å². The molecule has 3 heterocycles. The Balaban J connectivity index is 1.42. The predicted molar refractivity (Wildman–Crippen MR) is 143 cm³/mol. The molecule has 8 heteroatoms. The number of nitrogens with one attached hydrogen (secondary N) is 1. The molecule has 0 bridgehead atoms. The standard InChI is InChI=1S/C29H46N4O4/c1-4-5-12-31(13-6-7-16-34)27(35)20-33-19-23(22-8-9-25-26(18-22)37-21-30-25)17-24(33)10-14-32-15-11-29(2,3)28(32)36/h9,16,18,22-24,30H,4-8,10-15,17,19-21H2,1-3H3. The van der Waals surface area contributed by atoms with E-state index in [1.807, 2.05) is 23.6 Å². The number of rotatable bonds is 13. The van der Waals surface area contributed by atoms with Gasteiger partial charge in [-0.1, -0.05) is 33.3 Å². The number of hydrogen-bond acceptors (Lipinski definition) is 6. The summed E-state index contributed by atoms with van der Waals surface area (Å²) in [6, 6.07) is 0.278. The van der Waals surface area contributed by atoms with Gasteiger partial charge in [-0.25, -0.2) is 0 Å². The van der Waals surface area contributed by atoms with Crippen molar-refractivity contribution in [3.8, 4) is 0 Å². The van der Waals surface area contributed by atoms with Gasteiger partial charge in [0.1, 0.15) is 12.0 Å². The van der Waals surface area contributed by atoms with Gasteiger partial charge in [0.15, 0.2) is 6.73 Å². The summed E-state index contributed by atoms with van der Waals surface area (Å²) >= 11 is 0. The fourth-order valence-electron chi connectivity index (χ4n) is 6.26. The van der Waals surface area contributed by atoms with Gasteiger partial charge in [-0.2, -0.15) is 0 Å². The molecule has 8 nitrogen and oxygen atoms in total. The molecule has 3 saturated heterocycles. The highest BCUT2D eigenvalue weighted by molar-refractivity contribution is 5.84. The summed E-state index contributed by atoms with van der Waals surface area (Å²) in [6.45, 7) is 11.0. The summed E-state index contributed by atoms with van der Waals surface area (Å²) in [5.74, 6) is 2.24. The molecule has 0 radical (unpaired) electrons. The lowest BCUT2D eigenvalue weighted by atomic mass is 9.84. The maximum absolute atomic E-state index is 13.5. The molecule has 3 atom stereocenters. The molecule has 2 amide bonds. The van der Waals surface area contributed by atoms with Gasteiger partial charge in [0.2, 0.25) is 11.8 Å². The smallest absolute Gasteiger partial charge is 0.236 e. The number of unbranched alkanes of at least 4 members (excludes halogenated alkanes) is 2. The second-order valence-electron chi connectivity index (χ2n) is 11.9. The minimum atomic E-state index is -0.261. The van der Waals surface area contributed by atoms with E-state index in [2.05, 4.69) is 29.3 Å². The number of nitrogens with zero attached hydrogens (tertiary/aromatic N) is 3. The highest BCUT2D eigenvalue weighted by atomic mass is 16.5. The Kier molecular flexibility index (Phi) is 9.32.